The van der Waals surface area contributed by atoms with Crippen molar-refractivity contribution in [3.8, 4) is 12.8 Å². The SMILES string of the molecule is C#C.C/C=C1\C(=C/C(C)C)CCN2CC(C)=C(C)CC12.CC.CC.CC.CC.CC. The average Bonchev–Trinajstić information content (AvgIpc) is 2.82. The monoisotopic (exact) mass is 421 g/mol. The lowest BCUT2D eigenvalue weighted by molar-refractivity contribution is 0.210. The zero-order valence-electron chi connectivity index (χ0n) is 23.7. The van der Waals surface area contributed by atoms with Gasteiger partial charge >= 0.3 is 0 Å². The Bertz CT molecular complexity index is 446. The summed E-state index contributed by atoms with van der Waals surface area (Å²) < 4.78 is 0. The molecule has 180 valence electrons. The van der Waals surface area contributed by atoms with Crippen LogP contribution in [0.25, 0.3) is 0 Å². The van der Waals surface area contributed by atoms with Crippen LogP contribution >= 0.6 is 0 Å². The third-order valence-corrected chi connectivity index (χ3v) is 4.35. The van der Waals surface area contributed by atoms with Crippen molar-refractivity contribution in [2.24, 2.45) is 5.92 Å². The first-order chi connectivity index (χ1) is 14.5. The third-order valence-electron chi connectivity index (χ3n) is 4.35. The topological polar surface area (TPSA) is 3.24 Å². The predicted molar refractivity (Wildman–Crippen MR) is 146 cm³/mol. The van der Waals surface area contributed by atoms with Gasteiger partial charge in [-0.15, -0.1) is 12.8 Å². The van der Waals surface area contributed by atoms with Gasteiger partial charge in [0.05, 0.1) is 0 Å². The van der Waals surface area contributed by atoms with Crippen molar-refractivity contribution in [3.05, 3.63) is 34.4 Å². The molecule has 1 nitrogen and oxygen atoms in total. The maximum Gasteiger partial charge on any atom is 0.0388 e. The molecule has 0 N–H and O–H groups in total. The van der Waals surface area contributed by atoms with Crippen LogP contribution < -0.4 is 0 Å². The van der Waals surface area contributed by atoms with E-state index in [9.17, 15) is 0 Å². The molecule has 0 amide bonds. The number of nitrogens with zero attached hydrogens (tertiary/aromatic N) is 1. The molecule has 0 aliphatic carbocycles. The van der Waals surface area contributed by atoms with E-state index in [-0.39, 0.29) is 0 Å². The fourth-order valence-corrected chi connectivity index (χ4v) is 3.27. The van der Waals surface area contributed by atoms with E-state index in [1.165, 1.54) is 25.9 Å². The molecule has 0 aromatic rings. The molecule has 2 heterocycles. The van der Waals surface area contributed by atoms with Crippen molar-refractivity contribution in [1.29, 1.82) is 0 Å². The van der Waals surface area contributed by atoms with Gasteiger partial charge in [-0.05, 0) is 50.7 Å². The Morgan fingerprint density at radius 1 is 0.833 bits per heavy atom. The lowest BCUT2D eigenvalue weighted by atomic mass is 9.82. The molecular weight excluding hydrogens is 362 g/mol. The summed E-state index contributed by atoms with van der Waals surface area (Å²) in [7, 11) is 0. The highest BCUT2D eigenvalue weighted by Crippen LogP contribution is 2.36. The summed E-state index contributed by atoms with van der Waals surface area (Å²) in [4.78, 5) is 2.66. The predicted octanol–water partition coefficient (Wildman–Crippen LogP) is 9.71. The molecule has 0 spiro atoms. The first-order valence-corrected chi connectivity index (χ1v) is 12.6. The van der Waals surface area contributed by atoms with Crippen LogP contribution in [0, 0.1) is 18.8 Å². The molecule has 0 radical (unpaired) electrons. The minimum atomic E-state index is 0.637. The molecule has 2 aliphatic rings. The maximum atomic E-state index is 4.00. The molecule has 2 rings (SSSR count). The summed E-state index contributed by atoms with van der Waals surface area (Å²) in [6, 6.07) is 0.637. The van der Waals surface area contributed by atoms with Gasteiger partial charge in [0.25, 0.3) is 0 Å². The van der Waals surface area contributed by atoms with E-state index in [1.807, 2.05) is 69.2 Å². The number of fused-ring (bicyclic) bond motifs is 1. The summed E-state index contributed by atoms with van der Waals surface area (Å²) in [5.41, 5.74) is 6.36. The molecule has 0 saturated carbocycles. The van der Waals surface area contributed by atoms with Crippen LogP contribution in [-0.2, 0) is 0 Å². The van der Waals surface area contributed by atoms with Crippen LogP contribution in [0.3, 0.4) is 0 Å². The number of piperidine rings is 1. The van der Waals surface area contributed by atoms with Gasteiger partial charge < -0.3 is 0 Å². The highest BCUT2D eigenvalue weighted by Gasteiger charge is 2.32. The number of hydrogen-bond acceptors (Lipinski definition) is 1. The van der Waals surface area contributed by atoms with Gasteiger partial charge in [-0.2, -0.15) is 0 Å². The standard InChI is InChI=1S/C17H27N.5C2H6.C2H2/c1-6-16-15(9-12(2)3)7-8-18-11-14(5)13(4)10-17(16)18;6*1-2/h6,9,12,17H,7-8,10-11H2,1-5H3;5*1-2H3;1-2H/b15-9-,16-6+;;;;;;. The molecule has 0 bridgehead atoms. The Morgan fingerprint density at radius 2 is 1.27 bits per heavy atom. The van der Waals surface area contributed by atoms with Crippen LogP contribution in [0.4, 0.5) is 0 Å². The summed E-state index contributed by atoms with van der Waals surface area (Å²) in [6.07, 6.45) is 15.3. The van der Waals surface area contributed by atoms with Crippen molar-refractivity contribution in [1.82, 2.24) is 4.90 Å². The van der Waals surface area contributed by atoms with E-state index in [4.69, 9.17) is 0 Å². The van der Waals surface area contributed by atoms with Crippen LogP contribution in [0.5, 0.6) is 0 Å². The lowest BCUT2D eigenvalue weighted by Gasteiger charge is -2.43. The van der Waals surface area contributed by atoms with Gasteiger partial charge in [0.1, 0.15) is 0 Å². The summed E-state index contributed by atoms with van der Waals surface area (Å²) in [6.45, 7) is 33.8. The van der Waals surface area contributed by atoms with Crippen LogP contribution in [0.15, 0.2) is 34.4 Å². The minimum Gasteiger partial charge on any atom is -0.292 e. The van der Waals surface area contributed by atoms with Gasteiger partial charge in [-0.3, -0.25) is 4.90 Å². The Labute approximate surface area is 194 Å². The quantitative estimate of drug-likeness (QED) is 0.301. The second-order valence-electron chi connectivity index (χ2n) is 6.18. The normalized spacial score (nSPS) is 19.3. The van der Waals surface area contributed by atoms with Crippen molar-refractivity contribution in [3.63, 3.8) is 0 Å². The molecule has 1 saturated heterocycles. The highest BCUT2D eigenvalue weighted by molar-refractivity contribution is 5.40. The van der Waals surface area contributed by atoms with E-state index in [1.54, 1.807) is 22.3 Å². The fraction of sp³-hybridized carbons (Fsp3) is 0.724. The largest absolute Gasteiger partial charge is 0.292 e. The third kappa shape index (κ3) is 15.6. The summed E-state index contributed by atoms with van der Waals surface area (Å²) in [5, 5.41) is 0. The van der Waals surface area contributed by atoms with E-state index in [2.05, 4.69) is 64.5 Å². The Kier molecular flexibility index (Phi) is 39.2. The molecule has 1 atom stereocenters. The van der Waals surface area contributed by atoms with Crippen molar-refractivity contribution in [2.45, 2.75) is 123 Å². The smallest absolute Gasteiger partial charge is 0.0388 e. The first kappa shape index (κ1) is 39.2. The van der Waals surface area contributed by atoms with Crippen molar-refractivity contribution in [2.75, 3.05) is 13.1 Å². The van der Waals surface area contributed by atoms with Gasteiger partial charge in [0, 0.05) is 19.1 Å². The van der Waals surface area contributed by atoms with Crippen LogP contribution in [0.2, 0.25) is 0 Å². The zero-order valence-corrected chi connectivity index (χ0v) is 23.7. The summed E-state index contributed by atoms with van der Waals surface area (Å²) >= 11 is 0. The minimum absolute atomic E-state index is 0.637. The van der Waals surface area contributed by atoms with Crippen molar-refractivity contribution >= 4 is 0 Å². The van der Waals surface area contributed by atoms with E-state index in [0.29, 0.717) is 12.0 Å². The van der Waals surface area contributed by atoms with E-state index < -0.39 is 0 Å². The van der Waals surface area contributed by atoms with E-state index >= 15 is 0 Å². The zero-order chi connectivity index (χ0) is 25.3. The first-order valence-electron chi connectivity index (χ1n) is 12.6. The van der Waals surface area contributed by atoms with Gasteiger partial charge in [-0.1, -0.05) is 106 Å². The molecule has 1 unspecified atom stereocenters. The molecule has 30 heavy (non-hydrogen) atoms. The van der Waals surface area contributed by atoms with Gasteiger partial charge in [0.15, 0.2) is 0 Å². The molecular formula is C29H59N. The molecule has 1 heteroatoms. The van der Waals surface area contributed by atoms with Gasteiger partial charge in [-0.25, -0.2) is 0 Å². The number of terminal acetylenes is 1. The number of rotatable bonds is 1. The molecule has 0 aromatic carbocycles. The summed E-state index contributed by atoms with van der Waals surface area (Å²) in [5.74, 6) is 0.656. The van der Waals surface area contributed by atoms with Crippen molar-refractivity contribution < 1.29 is 0 Å². The number of hydrogen-bond donors (Lipinski definition) is 0. The molecule has 1 fully saturated rings. The second-order valence-corrected chi connectivity index (χ2v) is 6.18. The molecule has 0 aromatic heterocycles. The van der Waals surface area contributed by atoms with Gasteiger partial charge in [0.2, 0.25) is 0 Å². The lowest BCUT2D eigenvalue weighted by Crippen LogP contribution is -2.45. The van der Waals surface area contributed by atoms with Crippen LogP contribution in [-0.4, -0.2) is 24.0 Å². The molecule has 2 aliphatic heterocycles. The Balaban J connectivity index is -0.000000150. The van der Waals surface area contributed by atoms with E-state index in [0.717, 1.165) is 0 Å². The highest BCUT2D eigenvalue weighted by atomic mass is 15.2. The second kappa shape index (κ2) is 29.9. The average molecular weight is 422 g/mol. The Hall–Kier alpha value is -1.26. The maximum absolute atomic E-state index is 4.00. The number of allylic oxidation sites excluding steroid dienone is 2. The fourth-order valence-electron chi connectivity index (χ4n) is 3.27. The van der Waals surface area contributed by atoms with Crippen LogP contribution in [0.1, 0.15) is 117 Å². The Morgan fingerprint density at radius 3 is 1.63 bits per heavy atom.